The van der Waals surface area contributed by atoms with E-state index in [-0.39, 0.29) is 18.1 Å². The number of nitrogens with zero attached hydrogens (tertiary/aromatic N) is 5. The van der Waals surface area contributed by atoms with Gasteiger partial charge in [0.1, 0.15) is 17.9 Å². The molecule has 2 aromatic carbocycles. The second kappa shape index (κ2) is 8.15. The van der Waals surface area contributed by atoms with Crippen LogP contribution in [0, 0.1) is 5.82 Å². The Morgan fingerprint density at radius 2 is 2.07 bits per heavy atom. The standard InChI is InChI=1S/C19H15FN6O2S/c1-28-17-7-4-13(20)9-15(17)16-10-29-19(22-16)23-18(27)8-12-2-5-14(6-3-12)26-11-21-24-25-26/h2-7,9-11H,8H2,1H3,(H,22,23,27). The molecule has 0 atom stereocenters. The van der Waals surface area contributed by atoms with Crippen molar-refractivity contribution in [1.29, 1.82) is 0 Å². The Hall–Kier alpha value is -3.66. The van der Waals surface area contributed by atoms with Gasteiger partial charge >= 0.3 is 0 Å². The maximum Gasteiger partial charge on any atom is 0.230 e. The number of aromatic nitrogens is 5. The summed E-state index contributed by atoms with van der Waals surface area (Å²) in [4.78, 5) is 16.7. The van der Waals surface area contributed by atoms with Crippen molar-refractivity contribution in [2.24, 2.45) is 0 Å². The molecular weight excluding hydrogens is 395 g/mol. The van der Waals surface area contributed by atoms with Crippen LogP contribution in [-0.2, 0) is 11.2 Å². The first-order valence-electron chi connectivity index (χ1n) is 8.54. The number of benzene rings is 2. The number of methoxy groups -OCH3 is 1. The highest BCUT2D eigenvalue weighted by molar-refractivity contribution is 7.14. The molecule has 146 valence electrons. The van der Waals surface area contributed by atoms with Crippen molar-refractivity contribution in [2.75, 3.05) is 12.4 Å². The number of ether oxygens (including phenoxy) is 1. The molecule has 0 aliphatic heterocycles. The van der Waals surface area contributed by atoms with Crippen LogP contribution in [0.5, 0.6) is 5.75 Å². The molecule has 8 nitrogen and oxygen atoms in total. The van der Waals surface area contributed by atoms with Crippen LogP contribution in [0.4, 0.5) is 9.52 Å². The fourth-order valence-electron chi connectivity index (χ4n) is 2.73. The molecule has 4 rings (SSSR count). The summed E-state index contributed by atoms with van der Waals surface area (Å²) in [6, 6.07) is 11.5. The number of hydrogen-bond donors (Lipinski definition) is 1. The number of rotatable bonds is 6. The fourth-order valence-corrected chi connectivity index (χ4v) is 3.46. The minimum absolute atomic E-state index is 0.189. The van der Waals surface area contributed by atoms with Crippen LogP contribution in [-0.4, -0.2) is 38.2 Å². The van der Waals surface area contributed by atoms with Crippen LogP contribution in [0.25, 0.3) is 16.9 Å². The lowest BCUT2D eigenvalue weighted by atomic mass is 10.1. The summed E-state index contributed by atoms with van der Waals surface area (Å²) in [6.45, 7) is 0. The Bertz CT molecular complexity index is 1130. The third-order valence-electron chi connectivity index (χ3n) is 4.10. The number of amides is 1. The largest absolute Gasteiger partial charge is 0.496 e. The Kier molecular flexibility index (Phi) is 5.25. The minimum atomic E-state index is -0.385. The van der Waals surface area contributed by atoms with Gasteiger partial charge in [-0.1, -0.05) is 12.1 Å². The number of carbonyl (C=O) groups excluding carboxylic acids is 1. The van der Waals surface area contributed by atoms with Gasteiger partial charge in [0, 0.05) is 10.9 Å². The molecular formula is C19H15FN6O2S. The molecule has 0 radical (unpaired) electrons. The molecule has 0 aliphatic carbocycles. The van der Waals surface area contributed by atoms with Gasteiger partial charge in [0.05, 0.1) is 24.9 Å². The quantitative estimate of drug-likeness (QED) is 0.525. The molecule has 1 N–H and O–H groups in total. The number of halogens is 1. The number of thiazole rings is 1. The third kappa shape index (κ3) is 4.27. The highest BCUT2D eigenvalue weighted by atomic mass is 32.1. The normalized spacial score (nSPS) is 10.7. The van der Waals surface area contributed by atoms with Gasteiger partial charge in [-0.25, -0.2) is 14.1 Å². The fraction of sp³-hybridized carbons (Fsp3) is 0.105. The molecule has 0 bridgehead atoms. The average molecular weight is 410 g/mol. The molecule has 0 saturated carbocycles. The van der Waals surface area contributed by atoms with Crippen molar-refractivity contribution < 1.29 is 13.9 Å². The Balaban J connectivity index is 1.43. The lowest BCUT2D eigenvalue weighted by Crippen LogP contribution is -2.14. The molecule has 0 fully saturated rings. The molecule has 0 spiro atoms. The topological polar surface area (TPSA) is 94.8 Å². The Morgan fingerprint density at radius 1 is 1.24 bits per heavy atom. The van der Waals surface area contributed by atoms with E-state index in [1.165, 1.54) is 41.6 Å². The monoisotopic (exact) mass is 410 g/mol. The second-order valence-electron chi connectivity index (χ2n) is 6.03. The summed E-state index contributed by atoms with van der Waals surface area (Å²) >= 11 is 1.26. The Morgan fingerprint density at radius 3 is 2.79 bits per heavy atom. The van der Waals surface area contributed by atoms with Gasteiger partial charge in [0.25, 0.3) is 0 Å². The molecule has 10 heteroatoms. The Labute approximate surface area is 169 Å². The number of nitrogens with one attached hydrogen (secondary N) is 1. The van der Waals surface area contributed by atoms with E-state index in [0.717, 1.165) is 11.3 Å². The average Bonchev–Trinajstić information content (AvgIpc) is 3.41. The predicted octanol–water partition coefficient (Wildman–Crippen LogP) is 3.11. The molecule has 29 heavy (non-hydrogen) atoms. The molecule has 0 saturated heterocycles. The van der Waals surface area contributed by atoms with Crippen LogP contribution in [0.2, 0.25) is 0 Å². The lowest BCUT2D eigenvalue weighted by Gasteiger charge is -2.06. The summed E-state index contributed by atoms with van der Waals surface area (Å²) in [5.41, 5.74) is 2.70. The van der Waals surface area contributed by atoms with Gasteiger partial charge in [0.15, 0.2) is 5.13 Å². The van der Waals surface area contributed by atoms with E-state index in [4.69, 9.17) is 4.74 Å². The molecule has 2 heterocycles. The van der Waals surface area contributed by atoms with Crippen molar-refractivity contribution in [1.82, 2.24) is 25.2 Å². The first-order chi connectivity index (χ1) is 14.1. The minimum Gasteiger partial charge on any atom is -0.496 e. The van der Waals surface area contributed by atoms with E-state index in [1.54, 1.807) is 11.4 Å². The maximum atomic E-state index is 13.6. The molecule has 2 aromatic heterocycles. The predicted molar refractivity (Wildman–Crippen MR) is 106 cm³/mol. The van der Waals surface area contributed by atoms with Crippen molar-refractivity contribution in [3.8, 4) is 22.7 Å². The van der Waals surface area contributed by atoms with Crippen LogP contribution in [0.3, 0.4) is 0 Å². The summed E-state index contributed by atoms with van der Waals surface area (Å²) in [6.07, 6.45) is 1.68. The van der Waals surface area contributed by atoms with Gasteiger partial charge in [-0.15, -0.1) is 16.4 Å². The first kappa shape index (κ1) is 18.7. The summed E-state index contributed by atoms with van der Waals surface area (Å²) in [5, 5.41) is 15.9. The third-order valence-corrected chi connectivity index (χ3v) is 4.86. The smallest absolute Gasteiger partial charge is 0.230 e. The van der Waals surface area contributed by atoms with Crippen LogP contribution >= 0.6 is 11.3 Å². The van der Waals surface area contributed by atoms with Crippen molar-refractivity contribution >= 4 is 22.4 Å². The first-order valence-corrected chi connectivity index (χ1v) is 9.42. The number of tetrazole rings is 1. The molecule has 1 amide bonds. The van der Waals surface area contributed by atoms with Gasteiger partial charge in [-0.05, 0) is 46.3 Å². The van der Waals surface area contributed by atoms with E-state index in [0.29, 0.717) is 22.1 Å². The molecule has 0 aliphatic rings. The number of hydrogen-bond acceptors (Lipinski definition) is 7. The van der Waals surface area contributed by atoms with Crippen LogP contribution in [0.15, 0.2) is 54.2 Å². The van der Waals surface area contributed by atoms with Crippen molar-refractivity contribution in [2.45, 2.75) is 6.42 Å². The van der Waals surface area contributed by atoms with E-state index in [9.17, 15) is 9.18 Å². The van der Waals surface area contributed by atoms with Crippen molar-refractivity contribution in [3.05, 3.63) is 65.6 Å². The highest BCUT2D eigenvalue weighted by Gasteiger charge is 2.13. The lowest BCUT2D eigenvalue weighted by molar-refractivity contribution is -0.115. The zero-order valence-electron chi connectivity index (χ0n) is 15.2. The van der Waals surface area contributed by atoms with Gasteiger partial charge < -0.3 is 10.1 Å². The van der Waals surface area contributed by atoms with Crippen LogP contribution < -0.4 is 10.1 Å². The van der Waals surface area contributed by atoms with E-state index >= 15 is 0 Å². The highest BCUT2D eigenvalue weighted by Crippen LogP contribution is 2.32. The summed E-state index contributed by atoms with van der Waals surface area (Å²) in [5.74, 6) is -0.0750. The SMILES string of the molecule is COc1ccc(F)cc1-c1csc(NC(=O)Cc2ccc(-n3cnnn3)cc2)n1. The van der Waals surface area contributed by atoms with E-state index in [1.807, 2.05) is 24.3 Å². The van der Waals surface area contributed by atoms with Gasteiger partial charge in [-0.3, -0.25) is 4.79 Å². The zero-order chi connectivity index (χ0) is 20.2. The second-order valence-corrected chi connectivity index (χ2v) is 6.89. The number of anilines is 1. The van der Waals surface area contributed by atoms with Gasteiger partial charge in [0.2, 0.25) is 5.91 Å². The molecule has 0 unspecified atom stereocenters. The van der Waals surface area contributed by atoms with Crippen molar-refractivity contribution in [3.63, 3.8) is 0 Å². The van der Waals surface area contributed by atoms with E-state index < -0.39 is 0 Å². The molecule has 4 aromatic rings. The van der Waals surface area contributed by atoms with Crippen LogP contribution in [0.1, 0.15) is 5.56 Å². The number of carbonyl (C=O) groups is 1. The summed E-state index contributed by atoms with van der Waals surface area (Å²) < 4.78 is 20.4. The van der Waals surface area contributed by atoms with E-state index in [2.05, 4.69) is 25.8 Å². The maximum absolute atomic E-state index is 13.6. The summed E-state index contributed by atoms with van der Waals surface area (Å²) in [7, 11) is 1.51. The zero-order valence-corrected chi connectivity index (χ0v) is 16.1. The van der Waals surface area contributed by atoms with Gasteiger partial charge in [-0.2, -0.15) is 0 Å².